The zero-order valence-electron chi connectivity index (χ0n) is 34.8. The lowest BCUT2D eigenvalue weighted by Crippen LogP contribution is -2.12. The molecule has 1 aromatic rings. The molecule has 2 rings (SSSR count). The van der Waals surface area contributed by atoms with E-state index < -0.39 is 9.84 Å². The van der Waals surface area contributed by atoms with Crippen molar-refractivity contribution in [1.29, 1.82) is 0 Å². The van der Waals surface area contributed by atoms with Crippen LogP contribution in [0.15, 0.2) is 30.3 Å². The SMILES string of the molecule is CC.CC(C)(C)C.CC(C)(C)c1ccccc1.CC(C)C.CC(C)C1CCCCC1.CCC.CCC(C)(C)C.CS(C)(=O)=O. The van der Waals surface area contributed by atoms with Crippen molar-refractivity contribution in [2.75, 3.05) is 12.5 Å². The smallest absolute Gasteiger partial charge is 0.144 e. The molecule has 2 nitrogen and oxygen atoms in total. The van der Waals surface area contributed by atoms with Gasteiger partial charge in [-0.15, -0.1) is 0 Å². The average Bonchev–Trinajstić information content (AvgIpc) is 2.84. The Bertz CT molecular complexity index is 733. The summed E-state index contributed by atoms with van der Waals surface area (Å²) < 4.78 is 19.3. The van der Waals surface area contributed by atoms with E-state index in [4.69, 9.17) is 0 Å². The molecule has 0 radical (unpaired) electrons. The van der Waals surface area contributed by atoms with E-state index in [0.29, 0.717) is 16.2 Å². The first-order valence-electron chi connectivity index (χ1n) is 17.8. The maximum atomic E-state index is 9.63. The lowest BCUT2D eigenvalue weighted by molar-refractivity contribution is 0.279. The Kier molecular flexibility index (Phi) is 40.6. The van der Waals surface area contributed by atoms with E-state index in [1.807, 2.05) is 13.8 Å². The molecule has 3 heteroatoms. The van der Waals surface area contributed by atoms with Crippen molar-refractivity contribution >= 4 is 9.84 Å². The zero-order valence-corrected chi connectivity index (χ0v) is 35.6. The highest BCUT2D eigenvalue weighted by Crippen LogP contribution is 2.29. The summed E-state index contributed by atoms with van der Waals surface area (Å²) in [6.07, 6.45) is 12.3. The van der Waals surface area contributed by atoms with Gasteiger partial charge in [-0.3, -0.25) is 0 Å². The van der Waals surface area contributed by atoms with Crippen molar-refractivity contribution < 1.29 is 8.42 Å². The molecule has 1 aliphatic carbocycles. The number of sulfone groups is 1. The van der Waals surface area contributed by atoms with Crippen LogP contribution in [-0.4, -0.2) is 20.9 Å². The Morgan fingerprint density at radius 1 is 0.682 bits per heavy atom. The van der Waals surface area contributed by atoms with Crippen LogP contribution in [0.3, 0.4) is 0 Å². The molecule has 0 saturated heterocycles. The summed E-state index contributed by atoms with van der Waals surface area (Å²) in [4.78, 5) is 0. The molecule has 0 amide bonds. The highest BCUT2D eigenvalue weighted by molar-refractivity contribution is 7.89. The molecule has 0 aliphatic heterocycles. The molecule has 1 saturated carbocycles. The molecule has 0 aromatic heterocycles. The van der Waals surface area contributed by atoms with Gasteiger partial charge >= 0.3 is 0 Å². The van der Waals surface area contributed by atoms with E-state index in [9.17, 15) is 8.42 Å². The summed E-state index contributed by atoms with van der Waals surface area (Å²) in [6, 6.07) is 10.6. The minimum absolute atomic E-state index is 0.293. The summed E-state index contributed by atoms with van der Waals surface area (Å²) >= 11 is 0. The predicted molar refractivity (Wildman–Crippen MR) is 210 cm³/mol. The van der Waals surface area contributed by atoms with E-state index in [1.165, 1.54) is 50.5 Å². The van der Waals surface area contributed by atoms with Crippen LogP contribution in [0.5, 0.6) is 0 Å². The molecule has 1 aromatic carbocycles. The first-order valence-corrected chi connectivity index (χ1v) is 20.1. The molecule has 1 aliphatic rings. The lowest BCUT2D eigenvalue weighted by atomic mass is 9.82. The number of hydrogen-bond acceptors (Lipinski definition) is 2. The van der Waals surface area contributed by atoms with Gasteiger partial charge in [0.25, 0.3) is 0 Å². The molecule has 0 N–H and O–H groups in total. The lowest BCUT2D eigenvalue weighted by Gasteiger charge is -2.24. The van der Waals surface area contributed by atoms with Gasteiger partial charge in [-0.25, -0.2) is 8.42 Å². The highest BCUT2D eigenvalue weighted by Gasteiger charge is 2.15. The third-order valence-corrected chi connectivity index (χ3v) is 5.29. The fourth-order valence-electron chi connectivity index (χ4n) is 2.74. The number of rotatable bonds is 1. The van der Waals surface area contributed by atoms with Gasteiger partial charge in [-0.1, -0.05) is 214 Å². The Hall–Kier alpha value is -0.830. The van der Waals surface area contributed by atoms with Gasteiger partial charge in [-0.05, 0) is 39.6 Å². The van der Waals surface area contributed by atoms with Crippen LogP contribution < -0.4 is 0 Å². The van der Waals surface area contributed by atoms with Crippen molar-refractivity contribution in [1.82, 2.24) is 0 Å². The minimum atomic E-state index is -2.67. The molecule has 270 valence electrons. The summed E-state index contributed by atoms with van der Waals surface area (Å²) in [5, 5.41) is 0. The number of benzene rings is 1. The summed E-state index contributed by atoms with van der Waals surface area (Å²) in [7, 11) is -2.67. The average molecular weight is 645 g/mol. The predicted octanol–water partition coefficient (Wildman–Crippen LogP) is 14.5. The van der Waals surface area contributed by atoms with Crippen molar-refractivity contribution in [2.45, 2.75) is 189 Å². The third-order valence-electron chi connectivity index (χ3n) is 5.29. The van der Waals surface area contributed by atoms with Crippen molar-refractivity contribution in [3.05, 3.63) is 35.9 Å². The van der Waals surface area contributed by atoms with E-state index in [2.05, 4.69) is 155 Å². The molecule has 1 fully saturated rings. The number of hydrogen-bond donors (Lipinski definition) is 0. The Balaban J connectivity index is -0.0000000984. The zero-order chi connectivity index (χ0) is 36.8. The Labute approximate surface area is 283 Å². The van der Waals surface area contributed by atoms with Crippen LogP contribution >= 0.6 is 0 Å². The third kappa shape index (κ3) is 83.7. The molecule has 0 heterocycles. The van der Waals surface area contributed by atoms with Crippen LogP contribution in [0.2, 0.25) is 0 Å². The second-order valence-corrected chi connectivity index (χ2v) is 19.0. The van der Waals surface area contributed by atoms with E-state index in [-0.39, 0.29) is 0 Å². The van der Waals surface area contributed by atoms with Gasteiger partial charge < -0.3 is 0 Å². The molecule has 0 spiro atoms. The highest BCUT2D eigenvalue weighted by atomic mass is 32.2. The summed E-state index contributed by atoms with van der Waals surface area (Å²) in [5.74, 6) is 2.82. The minimum Gasteiger partial charge on any atom is -0.229 e. The molecule has 0 unspecified atom stereocenters. The quantitative estimate of drug-likeness (QED) is 0.305. The van der Waals surface area contributed by atoms with Gasteiger partial charge in [0.2, 0.25) is 0 Å². The van der Waals surface area contributed by atoms with Crippen molar-refractivity contribution in [3.8, 4) is 0 Å². The summed E-state index contributed by atoms with van der Waals surface area (Å²) in [5.41, 5.74) is 2.73. The largest absolute Gasteiger partial charge is 0.229 e. The van der Waals surface area contributed by atoms with E-state index in [1.54, 1.807) is 0 Å². The second kappa shape index (κ2) is 32.1. The maximum absolute atomic E-state index is 9.63. The van der Waals surface area contributed by atoms with Gasteiger partial charge in [0.15, 0.2) is 0 Å². The Morgan fingerprint density at radius 3 is 1.07 bits per heavy atom. The molecule has 0 bridgehead atoms. The van der Waals surface area contributed by atoms with Crippen LogP contribution in [-0.2, 0) is 15.3 Å². The van der Waals surface area contributed by atoms with Crippen molar-refractivity contribution in [2.24, 2.45) is 28.6 Å². The standard InChI is InChI=1S/C10H14.C9H18.C6H14.C5H12.C4H10.C3H8.C2H6O2S.C2H6/c1-10(2,3)9-7-5-4-6-8-9;1-8(2)9-6-4-3-5-7-9;1-5-6(2,3)4;1-5(2,3)4;1-4(2)3;1-3-2;1-5(2,3)4;1-2/h4-8H,1-3H3;8-9H,3-7H2,1-2H3;5H2,1-4H3;1-4H3;4H,1-3H3;3H2,1-2H3;1-2H3;1-2H3. The topological polar surface area (TPSA) is 34.1 Å². The molecular weight excluding hydrogens is 557 g/mol. The van der Waals surface area contributed by atoms with Crippen LogP contribution in [0.4, 0.5) is 0 Å². The van der Waals surface area contributed by atoms with E-state index in [0.717, 1.165) is 30.3 Å². The van der Waals surface area contributed by atoms with Gasteiger partial charge in [-0.2, -0.15) is 0 Å². The first-order chi connectivity index (χ1) is 19.6. The molecule has 0 atom stereocenters. The van der Waals surface area contributed by atoms with Crippen molar-refractivity contribution in [3.63, 3.8) is 0 Å². The van der Waals surface area contributed by atoms with Gasteiger partial charge in [0.05, 0.1) is 0 Å². The van der Waals surface area contributed by atoms with Crippen LogP contribution in [0.25, 0.3) is 0 Å². The fourth-order valence-corrected chi connectivity index (χ4v) is 2.74. The fraction of sp³-hybridized carbons (Fsp3) is 0.854. The maximum Gasteiger partial charge on any atom is 0.144 e. The molecule has 44 heavy (non-hydrogen) atoms. The summed E-state index contributed by atoms with van der Waals surface area (Å²) in [6.45, 7) is 43.8. The first kappa shape index (κ1) is 55.6. The monoisotopic (exact) mass is 645 g/mol. The van der Waals surface area contributed by atoms with Crippen LogP contribution in [0.1, 0.15) is 189 Å². The van der Waals surface area contributed by atoms with Crippen LogP contribution in [0, 0.1) is 28.6 Å². The Morgan fingerprint density at radius 2 is 0.932 bits per heavy atom. The molecular formula is C41H88O2S. The van der Waals surface area contributed by atoms with Gasteiger partial charge in [0.1, 0.15) is 9.84 Å². The van der Waals surface area contributed by atoms with E-state index >= 15 is 0 Å². The van der Waals surface area contributed by atoms with Gasteiger partial charge in [0, 0.05) is 12.5 Å². The second-order valence-electron chi connectivity index (χ2n) is 16.8. The normalized spacial score (nSPS) is 13.0.